The molecule has 2 heterocycles. The van der Waals surface area contributed by atoms with E-state index in [9.17, 15) is 4.79 Å². The van der Waals surface area contributed by atoms with Gasteiger partial charge in [-0.05, 0) is 30.7 Å². The van der Waals surface area contributed by atoms with Gasteiger partial charge in [-0.2, -0.15) is 4.98 Å². The summed E-state index contributed by atoms with van der Waals surface area (Å²) in [4.78, 5) is 26.3. The van der Waals surface area contributed by atoms with Crippen molar-refractivity contribution in [3.05, 3.63) is 52.4 Å². The number of amides is 1. The third-order valence-electron chi connectivity index (χ3n) is 4.04. The topological polar surface area (TPSA) is 87.9 Å². The van der Waals surface area contributed by atoms with Crippen LogP contribution in [0.3, 0.4) is 0 Å². The molecule has 3 rings (SSSR count). The molecule has 0 radical (unpaired) electrons. The highest BCUT2D eigenvalue weighted by atomic mass is 35.5. The van der Waals surface area contributed by atoms with E-state index in [2.05, 4.69) is 20.1 Å². The van der Waals surface area contributed by atoms with E-state index in [1.807, 2.05) is 19.1 Å². The zero-order valence-corrected chi connectivity index (χ0v) is 15.7. The van der Waals surface area contributed by atoms with Crippen LogP contribution in [0.25, 0.3) is 11.4 Å². The first kappa shape index (κ1) is 18.1. The van der Waals surface area contributed by atoms with Gasteiger partial charge in [-0.25, -0.2) is 4.98 Å². The first-order valence-corrected chi connectivity index (χ1v) is 8.75. The number of aromatic nitrogens is 4. The summed E-state index contributed by atoms with van der Waals surface area (Å²) < 4.78 is 4.95. The largest absolute Gasteiger partial charge is 0.341 e. The first-order chi connectivity index (χ1) is 12.5. The highest BCUT2D eigenvalue weighted by molar-refractivity contribution is 6.30. The molecule has 0 unspecified atom stereocenters. The van der Waals surface area contributed by atoms with Gasteiger partial charge in [0.25, 0.3) is 5.91 Å². The summed E-state index contributed by atoms with van der Waals surface area (Å²) in [7, 11) is 1.74. The van der Waals surface area contributed by atoms with Crippen LogP contribution in [-0.2, 0) is 12.8 Å². The minimum absolute atomic E-state index is 0.140. The Kier molecular flexibility index (Phi) is 5.37. The predicted molar refractivity (Wildman–Crippen MR) is 98.1 cm³/mol. The van der Waals surface area contributed by atoms with E-state index in [1.165, 1.54) is 0 Å². The van der Waals surface area contributed by atoms with E-state index in [0.29, 0.717) is 47.6 Å². The number of rotatable bonds is 6. The Balaban J connectivity index is 1.76. The van der Waals surface area contributed by atoms with Gasteiger partial charge in [-0.15, -0.1) is 0 Å². The molecule has 136 valence electrons. The number of nitrogens with zero attached hydrogens (tertiary/aromatic N) is 4. The molecule has 0 fully saturated rings. The van der Waals surface area contributed by atoms with Gasteiger partial charge < -0.3 is 14.4 Å². The molecule has 1 aromatic carbocycles. The quantitative estimate of drug-likeness (QED) is 0.716. The number of likely N-dealkylation sites (N-methyl/N-ethyl adjacent to an activating group) is 1. The summed E-state index contributed by atoms with van der Waals surface area (Å²) >= 11 is 5.93. The highest BCUT2D eigenvalue weighted by Gasteiger charge is 2.21. The van der Waals surface area contributed by atoms with Crippen molar-refractivity contribution in [1.29, 1.82) is 0 Å². The van der Waals surface area contributed by atoms with E-state index in [1.54, 1.807) is 31.0 Å². The maximum atomic E-state index is 12.8. The Hall–Kier alpha value is -2.67. The van der Waals surface area contributed by atoms with Crippen molar-refractivity contribution in [2.45, 2.75) is 26.7 Å². The molecule has 26 heavy (non-hydrogen) atoms. The van der Waals surface area contributed by atoms with Crippen molar-refractivity contribution < 1.29 is 9.32 Å². The van der Waals surface area contributed by atoms with Gasteiger partial charge in [0.2, 0.25) is 5.89 Å². The second kappa shape index (κ2) is 7.70. The van der Waals surface area contributed by atoms with Crippen LogP contribution in [0.1, 0.15) is 34.8 Å². The van der Waals surface area contributed by atoms with Crippen LogP contribution >= 0.6 is 11.6 Å². The van der Waals surface area contributed by atoms with Crippen molar-refractivity contribution >= 4 is 17.5 Å². The normalized spacial score (nSPS) is 10.9. The molecule has 7 nitrogen and oxygen atoms in total. The maximum absolute atomic E-state index is 12.8. The molecule has 0 aliphatic heterocycles. The highest BCUT2D eigenvalue weighted by Crippen LogP contribution is 2.21. The molecule has 0 spiro atoms. The van der Waals surface area contributed by atoms with Crippen LogP contribution in [0.2, 0.25) is 5.02 Å². The zero-order chi connectivity index (χ0) is 18.7. The standard InChI is InChI=1S/C18H20ClN5O2/c1-4-14-16(22-17(21-14)12-5-7-13(19)8-6-12)18(25)24(3)10-9-15-20-11(2)26-23-15/h5-8H,4,9-10H2,1-3H3,(H,21,22). The SMILES string of the molecule is CCc1[nH]c(-c2ccc(Cl)cc2)nc1C(=O)N(C)CCc1noc(C)n1. The number of hydrogen-bond acceptors (Lipinski definition) is 5. The monoisotopic (exact) mass is 373 g/mol. The molecule has 0 aliphatic carbocycles. The van der Waals surface area contributed by atoms with E-state index < -0.39 is 0 Å². The molecule has 8 heteroatoms. The number of aromatic amines is 1. The van der Waals surface area contributed by atoms with Crippen LogP contribution in [-0.4, -0.2) is 44.5 Å². The summed E-state index contributed by atoms with van der Waals surface area (Å²) in [5, 5.41) is 4.50. The van der Waals surface area contributed by atoms with E-state index >= 15 is 0 Å². The minimum atomic E-state index is -0.140. The van der Waals surface area contributed by atoms with Gasteiger partial charge in [0, 0.05) is 43.2 Å². The number of imidazole rings is 1. The third kappa shape index (κ3) is 3.94. The van der Waals surface area contributed by atoms with Crippen molar-refractivity contribution in [3.8, 4) is 11.4 Å². The van der Waals surface area contributed by atoms with Crippen molar-refractivity contribution in [1.82, 2.24) is 25.0 Å². The van der Waals surface area contributed by atoms with Crippen molar-refractivity contribution in [2.24, 2.45) is 0 Å². The number of nitrogens with one attached hydrogen (secondary N) is 1. The van der Waals surface area contributed by atoms with Crippen LogP contribution < -0.4 is 0 Å². The molecule has 0 atom stereocenters. The van der Waals surface area contributed by atoms with Crippen LogP contribution in [0.5, 0.6) is 0 Å². The summed E-state index contributed by atoms with van der Waals surface area (Å²) in [6.45, 7) is 4.20. The van der Waals surface area contributed by atoms with Crippen LogP contribution in [0, 0.1) is 6.92 Å². The second-order valence-electron chi connectivity index (χ2n) is 5.98. The summed E-state index contributed by atoms with van der Waals surface area (Å²) in [5.74, 6) is 1.62. The first-order valence-electron chi connectivity index (χ1n) is 8.37. The Labute approximate surface area is 156 Å². The molecule has 0 saturated carbocycles. The summed E-state index contributed by atoms with van der Waals surface area (Å²) in [6.07, 6.45) is 1.20. The Morgan fingerprint density at radius 3 is 2.62 bits per heavy atom. The number of aryl methyl sites for hydroxylation is 2. The molecule has 1 N–H and O–H groups in total. The molecule has 0 saturated heterocycles. The average Bonchev–Trinajstić information content (AvgIpc) is 3.25. The third-order valence-corrected chi connectivity index (χ3v) is 4.29. The molecule has 0 bridgehead atoms. The second-order valence-corrected chi connectivity index (χ2v) is 6.42. The fourth-order valence-corrected chi connectivity index (χ4v) is 2.71. The van der Waals surface area contributed by atoms with Gasteiger partial charge >= 0.3 is 0 Å². The maximum Gasteiger partial charge on any atom is 0.274 e. The van der Waals surface area contributed by atoms with Crippen LogP contribution in [0.4, 0.5) is 0 Å². The van der Waals surface area contributed by atoms with Crippen molar-refractivity contribution in [2.75, 3.05) is 13.6 Å². The Morgan fingerprint density at radius 2 is 2.00 bits per heavy atom. The predicted octanol–water partition coefficient (Wildman–Crippen LogP) is 3.30. The molecular weight excluding hydrogens is 354 g/mol. The number of carbonyl (C=O) groups is 1. The number of carbonyl (C=O) groups excluding carboxylic acids is 1. The van der Waals surface area contributed by atoms with E-state index in [-0.39, 0.29) is 5.91 Å². The lowest BCUT2D eigenvalue weighted by molar-refractivity contribution is 0.0789. The fraction of sp³-hybridized carbons (Fsp3) is 0.333. The van der Waals surface area contributed by atoms with Gasteiger partial charge in [0.1, 0.15) is 11.5 Å². The number of hydrogen-bond donors (Lipinski definition) is 1. The van der Waals surface area contributed by atoms with Crippen molar-refractivity contribution in [3.63, 3.8) is 0 Å². The lowest BCUT2D eigenvalue weighted by Crippen LogP contribution is -2.30. The molecule has 0 aliphatic rings. The molecular formula is C18H20ClN5O2. The molecule has 2 aromatic heterocycles. The fourth-order valence-electron chi connectivity index (χ4n) is 2.58. The van der Waals surface area contributed by atoms with E-state index in [4.69, 9.17) is 16.1 Å². The van der Waals surface area contributed by atoms with Crippen LogP contribution in [0.15, 0.2) is 28.8 Å². The number of H-pyrrole nitrogens is 1. The Morgan fingerprint density at radius 1 is 1.27 bits per heavy atom. The lowest BCUT2D eigenvalue weighted by atomic mass is 10.2. The van der Waals surface area contributed by atoms with Gasteiger partial charge in [-0.3, -0.25) is 4.79 Å². The smallest absolute Gasteiger partial charge is 0.274 e. The molecule has 3 aromatic rings. The lowest BCUT2D eigenvalue weighted by Gasteiger charge is -2.15. The van der Waals surface area contributed by atoms with Gasteiger partial charge in [0.15, 0.2) is 5.82 Å². The molecule has 1 amide bonds. The van der Waals surface area contributed by atoms with Gasteiger partial charge in [0.05, 0.1) is 0 Å². The van der Waals surface area contributed by atoms with E-state index in [0.717, 1.165) is 11.3 Å². The zero-order valence-electron chi connectivity index (χ0n) is 14.9. The Bertz CT molecular complexity index is 901. The summed E-state index contributed by atoms with van der Waals surface area (Å²) in [5.41, 5.74) is 2.12. The summed E-state index contributed by atoms with van der Waals surface area (Å²) in [6, 6.07) is 7.34. The minimum Gasteiger partial charge on any atom is -0.341 e. The number of benzene rings is 1. The van der Waals surface area contributed by atoms with Gasteiger partial charge in [-0.1, -0.05) is 23.7 Å². The number of halogens is 1. The average molecular weight is 374 g/mol.